The van der Waals surface area contributed by atoms with Crippen LogP contribution in [0.2, 0.25) is 0 Å². The Morgan fingerprint density at radius 2 is 1.68 bits per heavy atom. The maximum absolute atomic E-state index is 13.2. The Bertz CT molecular complexity index is 1030. The van der Waals surface area contributed by atoms with Crippen molar-refractivity contribution in [3.8, 4) is 5.75 Å². The number of carbonyl (C=O) groups is 1. The van der Waals surface area contributed by atoms with Crippen molar-refractivity contribution in [1.29, 1.82) is 0 Å². The first-order chi connectivity index (χ1) is 15.1. The Morgan fingerprint density at radius 3 is 2.45 bits per heavy atom. The summed E-state index contributed by atoms with van der Waals surface area (Å²) in [4.78, 5) is 17.2. The molecule has 1 amide bonds. The Kier molecular flexibility index (Phi) is 6.53. The van der Waals surface area contributed by atoms with E-state index < -0.39 is 0 Å². The number of hydrogen-bond acceptors (Lipinski definition) is 4. The van der Waals surface area contributed by atoms with Crippen LogP contribution in [-0.2, 0) is 17.7 Å². The average Bonchev–Trinajstić information content (AvgIpc) is 2.81. The van der Waals surface area contributed by atoms with Gasteiger partial charge >= 0.3 is 0 Å². The number of aromatic hydroxyl groups is 1. The van der Waals surface area contributed by atoms with Crippen LogP contribution in [0.3, 0.4) is 0 Å². The fourth-order valence-electron chi connectivity index (χ4n) is 3.99. The number of morpholine rings is 1. The highest BCUT2D eigenvalue weighted by molar-refractivity contribution is 5.97. The van der Waals surface area contributed by atoms with Gasteiger partial charge in [0.05, 0.1) is 18.8 Å². The molecule has 1 aliphatic heterocycles. The van der Waals surface area contributed by atoms with Crippen LogP contribution in [0.4, 0.5) is 5.69 Å². The minimum atomic E-state index is -0.191. The molecular weight excluding hydrogens is 388 g/mol. The molecule has 0 aliphatic carbocycles. The second kappa shape index (κ2) is 9.67. The lowest BCUT2D eigenvalue weighted by atomic mass is 10.0. The molecule has 5 nitrogen and oxygen atoms in total. The number of anilines is 1. The van der Waals surface area contributed by atoms with E-state index in [-0.39, 0.29) is 11.7 Å². The van der Waals surface area contributed by atoms with Crippen molar-refractivity contribution >= 4 is 11.6 Å². The molecule has 0 atom stereocenters. The molecule has 0 aromatic heterocycles. The van der Waals surface area contributed by atoms with Crippen LogP contribution in [0.1, 0.15) is 27.0 Å². The second-order valence-corrected chi connectivity index (χ2v) is 7.90. The standard InChI is InChI=1S/C26H28N2O3/c1-27(19-22-9-5-6-10-24(22)28-13-15-31-16-14-28)26(30)23-18-21(11-12-25(23)29)17-20-7-3-2-4-8-20/h2-12,18,29H,13-17,19H2,1H3. The number of phenolic OH excluding ortho intramolecular Hbond substituents is 1. The van der Waals surface area contributed by atoms with Gasteiger partial charge in [0.1, 0.15) is 5.75 Å². The number of hydrogen-bond donors (Lipinski definition) is 1. The van der Waals surface area contributed by atoms with Gasteiger partial charge in [-0.2, -0.15) is 0 Å². The van der Waals surface area contributed by atoms with Gasteiger partial charge in [-0.25, -0.2) is 0 Å². The molecule has 0 spiro atoms. The number of rotatable bonds is 6. The van der Waals surface area contributed by atoms with E-state index in [2.05, 4.69) is 29.2 Å². The molecule has 160 valence electrons. The van der Waals surface area contributed by atoms with E-state index in [1.807, 2.05) is 36.4 Å². The van der Waals surface area contributed by atoms with Crippen LogP contribution in [0, 0.1) is 0 Å². The molecule has 0 radical (unpaired) electrons. The summed E-state index contributed by atoms with van der Waals surface area (Å²) >= 11 is 0. The van der Waals surface area contributed by atoms with Crippen molar-refractivity contribution in [2.24, 2.45) is 0 Å². The Balaban J connectivity index is 1.52. The lowest BCUT2D eigenvalue weighted by Crippen LogP contribution is -2.37. The summed E-state index contributed by atoms with van der Waals surface area (Å²) in [5, 5.41) is 10.4. The third-order valence-corrected chi connectivity index (χ3v) is 5.64. The summed E-state index contributed by atoms with van der Waals surface area (Å²) in [7, 11) is 1.78. The van der Waals surface area contributed by atoms with E-state index in [0.717, 1.165) is 29.9 Å². The normalized spacial score (nSPS) is 13.8. The van der Waals surface area contributed by atoms with Crippen LogP contribution in [0.5, 0.6) is 5.75 Å². The topological polar surface area (TPSA) is 53.0 Å². The molecule has 1 fully saturated rings. The highest BCUT2D eigenvalue weighted by atomic mass is 16.5. The Labute approximate surface area is 183 Å². The quantitative estimate of drug-likeness (QED) is 0.658. The third-order valence-electron chi connectivity index (χ3n) is 5.64. The Hall–Kier alpha value is -3.31. The third kappa shape index (κ3) is 5.06. The van der Waals surface area contributed by atoms with Crippen molar-refractivity contribution in [1.82, 2.24) is 4.90 Å². The van der Waals surface area contributed by atoms with Gasteiger partial charge in [0, 0.05) is 32.4 Å². The van der Waals surface area contributed by atoms with E-state index in [4.69, 9.17) is 4.74 Å². The molecule has 0 saturated carbocycles. The minimum Gasteiger partial charge on any atom is -0.507 e. The van der Waals surface area contributed by atoms with E-state index in [1.165, 1.54) is 5.56 Å². The summed E-state index contributed by atoms with van der Waals surface area (Å²) in [6.07, 6.45) is 0.713. The van der Waals surface area contributed by atoms with Gasteiger partial charge in [-0.3, -0.25) is 4.79 Å². The number of benzene rings is 3. The van der Waals surface area contributed by atoms with Gasteiger partial charge in [-0.15, -0.1) is 0 Å². The first-order valence-corrected chi connectivity index (χ1v) is 10.6. The molecule has 1 heterocycles. The molecule has 1 saturated heterocycles. The first-order valence-electron chi connectivity index (χ1n) is 10.6. The van der Waals surface area contributed by atoms with E-state index >= 15 is 0 Å². The number of ether oxygens (including phenoxy) is 1. The zero-order valence-electron chi connectivity index (χ0n) is 17.8. The van der Waals surface area contributed by atoms with Crippen molar-refractivity contribution in [3.05, 3.63) is 95.1 Å². The number of nitrogens with zero attached hydrogens (tertiary/aromatic N) is 2. The van der Waals surface area contributed by atoms with Gasteiger partial charge < -0.3 is 19.6 Å². The smallest absolute Gasteiger partial charge is 0.257 e. The number of amides is 1. The maximum Gasteiger partial charge on any atom is 0.257 e. The summed E-state index contributed by atoms with van der Waals surface area (Å²) in [6.45, 7) is 3.58. The lowest BCUT2D eigenvalue weighted by molar-refractivity contribution is 0.0781. The zero-order valence-corrected chi connectivity index (χ0v) is 17.8. The zero-order chi connectivity index (χ0) is 21.6. The highest BCUT2D eigenvalue weighted by Crippen LogP contribution is 2.26. The van der Waals surface area contributed by atoms with Gasteiger partial charge in [0.15, 0.2) is 0 Å². The van der Waals surface area contributed by atoms with Gasteiger partial charge in [0.2, 0.25) is 0 Å². The monoisotopic (exact) mass is 416 g/mol. The summed E-state index contributed by atoms with van der Waals surface area (Å²) < 4.78 is 5.47. The van der Waals surface area contributed by atoms with E-state index in [0.29, 0.717) is 31.7 Å². The van der Waals surface area contributed by atoms with Crippen LogP contribution in [-0.4, -0.2) is 49.3 Å². The minimum absolute atomic E-state index is 0.00938. The predicted molar refractivity (Wildman–Crippen MR) is 123 cm³/mol. The van der Waals surface area contributed by atoms with Crippen LogP contribution in [0.15, 0.2) is 72.8 Å². The molecule has 1 N–H and O–H groups in total. The summed E-state index contributed by atoms with van der Waals surface area (Å²) in [6, 6.07) is 23.6. The van der Waals surface area contributed by atoms with Crippen molar-refractivity contribution in [2.75, 3.05) is 38.3 Å². The largest absolute Gasteiger partial charge is 0.507 e. The molecule has 3 aromatic carbocycles. The SMILES string of the molecule is CN(Cc1ccccc1N1CCOCC1)C(=O)c1cc(Cc2ccccc2)ccc1O. The van der Waals surface area contributed by atoms with E-state index in [1.54, 1.807) is 24.1 Å². The van der Waals surface area contributed by atoms with Crippen LogP contribution in [0.25, 0.3) is 0 Å². The fraction of sp³-hybridized carbons (Fsp3) is 0.269. The molecular formula is C26H28N2O3. The van der Waals surface area contributed by atoms with Crippen molar-refractivity contribution < 1.29 is 14.6 Å². The fourth-order valence-corrected chi connectivity index (χ4v) is 3.99. The highest BCUT2D eigenvalue weighted by Gasteiger charge is 2.20. The molecule has 3 aromatic rings. The van der Waals surface area contributed by atoms with Crippen molar-refractivity contribution in [3.63, 3.8) is 0 Å². The molecule has 31 heavy (non-hydrogen) atoms. The average molecular weight is 417 g/mol. The maximum atomic E-state index is 13.2. The van der Waals surface area contributed by atoms with Gasteiger partial charge in [-0.05, 0) is 41.3 Å². The molecule has 0 bridgehead atoms. The number of carbonyl (C=O) groups excluding carboxylic acids is 1. The summed E-state index contributed by atoms with van der Waals surface area (Å²) in [5.74, 6) is -0.181. The van der Waals surface area contributed by atoms with Crippen LogP contribution < -0.4 is 4.90 Å². The molecule has 0 unspecified atom stereocenters. The molecule has 1 aliphatic rings. The lowest BCUT2D eigenvalue weighted by Gasteiger charge is -2.31. The van der Waals surface area contributed by atoms with E-state index in [9.17, 15) is 9.90 Å². The molecule has 5 heteroatoms. The Morgan fingerprint density at radius 1 is 0.968 bits per heavy atom. The van der Waals surface area contributed by atoms with Crippen LogP contribution >= 0.6 is 0 Å². The second-order valence-electron chi connectivity index (χ2n) is 7.90. The van der Waals surface area contributed by atoms with Crippen molar-refractivity contribution in [2.45, 2.75) is 13.0 Å². The van der Waals surface area contributed by atoms with Gasteiger partial charge in [0.25, 0.3) is 5.91 Å². The number of phenols is 1. The molecule has 4 rings (SSSR count). The number of para-hydroxylation sites is 1. The van der Waals surface area contributed by atoms with Gasteiger partial charge in [-0.1, -0.05) is 54.6 Å². The predicted octanol–water partition coefficient (Wildman–Crippen LogP) is 4.09. The first kappa shape index (κ1) is 20.9. The summed E-state index contributed by atoms with van der Waals surface area (Å²) in [5.41, 5.74) is 4.71.